The van der Waals surface area contributed by atoms with Crippen LogP contribution in [0.5, 0.6) is 0 Å². The van der Waals surface area contributed by atoms with Gasteiger partial charge >= 0.3 is 11.7 Å². The third kappa shape index (κ3) is 6.04. The predicted octanol–water partition coefficient (Wildman–Crippen LogP) is -1.40. The van der Waals surface area contributed by atoms with Crippen molar-refractivity contribution in [2.24, 2.45) is 0 Å². The molecule has 0 fully saturated rings. The van der Waals surface area contributed by atoms with Gasteiger partial charge in [0.1, 0.15) is 6.04 Å². The Morgan fingerprint density at radius 3 is 2.67 bits per heavy atom. The van der Waals surface area contributed by atoms with Gasteiger partial charge in [-0.25, -0.2) is 9.59 Å². The van der Waals surface area contributed by atoms with E-state index in [1.165, 1.54) is 7.11 Å². The molecule has 4 N–H and O–H groups in total. The standard InChI is InChI=1S/C12H17N3O6/c1-21-4-2-3-8(11(18)19)14-9(16)5-7-6-10(17)15-12(20)13-7/h6,8H,2-5H2,1H3,(H,14,16)(H,18,19)(H2,13,15,17,20). The Balaban J connectivity index is 2.63. The summed E-state index contributed by atoms with van der Waals surface area (Å²) >= 11 is 0. The number of aliphatic carboxylic acids is 1. The quantitative estimate of drug-likeness (QED) is 0.435. The minimum absolute atomic E-state index is 0.113. The molecule has 0 aliphatic carbocycles. The molecule has 1 atom stereocenters. The van der Waals surface area contributed by atoms with Crippen molar-refractivity contribution in [1.82, 2.24) is 15.3 Å². The van der Waals surface area contributed by atoms with Gasteiger partial charge in [-0.2, -0.15) is 0 Å². The highest BCUT2D eigenvalue weighted by molar-refractivity contribution is 5.84. The summed E-state index contributed by atoms with van der Waals surface area (Å²) in [5.41, 5.74) is -1.24. The number of nitrogens with one attached hydrogen (secondary N) is 3. The van der Waals surface area contributed by atoms with Crippen molar-refractivity contribution in [2.45, 2.75) is 25.3 Å². The first-order chi connectivity index (χ1) is 9.92. The zero-order chi connectivity index (χ0) is 15.8. The minimum atomic E-state index is -1.15. The average molecular weight is 299 g/mol. The maximum absolute atomic E-state index is 11.7. The number of ether oxygens (including phenoxy) is 1. The van der Waals surface area contributed by atoms with Gasteiger partial charge < -0.3 is 20.1 Å². The normalized spacial score (nSPS) is 11.9. The molecule has 21 heavy (non-hydrogen) atoms. The molecule has 9 nitrogen and oxygen atoms in total. The molecule has 0 spiro atoms. The van der Waals surface area contributed by atoms with Gasteiger partial charge in [0.25, 0.3) is 5.56 Å². The monoisotopic (exact) mass is 299 g/mol. The molecule has 1 rings (SSSR count). The van der Waals surface area contributed by atoms with Gasteiger partial charge in [-0.1, -0.05) is 0 Å². The van der Waals surface area contributed by atoms with E-state index in [1.54, 1.807) is 0 Å². The number of carboxylic acid groups (broad SMARTS) is 1. The molecular weight excluding hydrogens is 282 g/mol. The van der Waals surface area contributed by atoms with E-state index in [4.69, 9.17) is 9.84 Å². The number of methoxy groups -OCH3 is 1. The first-order valence-electron chi connectivity index (χ1n) is 6.26. The van der Waals surface area contributed by atoms with Crippen molar-refractivity contribution in [3.63, 3.8) is 0 Å². The Labute approximate surface area is 119 Å². The molecule has 0 radical (unpaired) electrons. The van der Waals surface area contributed by atoms with E-state index in [0.717, 1.165) is 6.07 Å². The maximum atomic E-state index is 11.7. The SMILES string of the molecule is COCCCC(NC(=O)Cc1cc(=O)[nH]c(=O)[nH]1)C(=O)O. The molecule has 116 valence electrons. The van der Waals surface area contributed by atoms with Gasteiger partial charge in [0, 0.05) is 25.5 Å². The fourth-order valence-corrected chi connectivity index (χ4v) is 1.72. The van der Waals surface area contributed by atoms with Gasteiger partial charge in [-0.3, -0.25) is 14.6 Å². The summed E-state index contributed by atoms with van der Waals surface area (Å²) < 4.78 is 4.82. The van der Waals surface area contributed by atoms with Crippen LogP contribution in [0, 0.1) is 0 Å². The molecule has 1 heterocycles. The molecule has 1 amide bonds. The van der Waals surface area contributed by atoms with E-state index >= 15 is 0 Å². The molecule has 0 aromatic carbocycles. The second kappa shape index (κ2) is 8.00. The number of H-pyrrole nitrogens is 2. The Morgan fingerprint density at radius 1 is 1.38 bits per heavy atom. The molecule has 9 heteroatoms. The lowest BCUT2D eigenvalue weighted by atomic mass is 10.1. The van der Waals surface area contributed by atoms with E-state index in [1.807, 2.05) is 4.98 Å². The van der Waals surface area contributed by atoms with Crippen LogP contribution in [0.4, 0.5) is 0 Å². The lowest BCUT2D eigenvalue weighted by molar-refractivity contribution is -0.142. The zero-order valence-electron chi connectivity index (χ0n) is 11.5. The van der Waals surface area contributed by atoms with Crippen LogP contribution in [0.3, 0.4) is 0 Å². The fourth-order valence-electron chi connectivity index (χ4n) is 1.72. The molecule has 1 aromatic heterocycles. The minimum Gasteiger partial charge on any atom is -0.480 e. The molecule has 0 saturated carbocycles. The topological polar surface area (TPSA) is 141 Å². The van der Waals surface area contributed by atoms with E-state index < -0.39 is 29.2 Å². The smallest absolute Gasteiger partial charge is 0.326 e. The van der Waals surface area contributed by atoms with Gasteiger partial charge in [-0.05, 0) is 12.8 Å². The molecule has 0 bridgehead atoms. The summed E-state index contributed by atoms with van der Waals surface area (Å²) in [6.45, 7) is 0.390. The highest BCUT2D eigenvalue weighted by Gasteiger charge is 2.19. The lowest BCUT2D eigenvalue weighted by Crippen LogP contribution is -2.42. The summed E-state index contributed by atoms with van der Waals surface area (Å²) in [4.78, 5) is 49.2. The van der Waals surface area contributed by atoms with Gasteiger partial charge in [0.15, 0.2) is 0 Å². The number of amides is 1. The van der Waals surface area contributed by atoms with Crippen molar-refractivity contribution in [1.29, 1.82) is 0 Å². The third-order valence-electron chi connectivity index (χ3n) is 2.64. The first-order valence-corrected chi connectivity index (χ1v) is 6.26. The van der Waals surface area contributed by atoms with Crippen molar-refractivity contribution in [3.05, 3.63) is 32.6 Å². The van der Waals surface area contributed by atoms with Crippen molar-refractivity contribution in [2.75, 3.05) is 13.7 Å². The lowest BCUT2D eigenvalue weighted by Gasteiger charge is -2.14. The second-order valence-electron chi connectivity index (χ2n) is 4.38. The van der Waals surface area contributed by atoms with E-state index in [2.05, 4.69) is 10.3 Å². The maximum Gasteiger partial charge on any atom is 0.326 e. The van der Waals surface area contributed by atoms with Crippen LogP contribution < -0.4 is 16.6 Å². The largest absolute Gasteiger partial charge is 0.480 e. The first kappa shape index (κ1) is 16.6. The van der Waals surface area contributed by atoms with Gasteiger partial charge in [0.2, 0.25) is 5.91 Å². The number of rotatable bonds is 8. The van der Waals surface area contributed by atoms with Gasteiger partial charge in [0.05, 0.1) is 6.42 Å². The number of carbonyl (C=O) groups excluding carboxylic acids is 1. The van der Waals surface area contributed by atoms with Crippen LogP contribution in [0.1, 0.15) is 18.5 Å². The number of carboxylic acids is 1. The van der Waals surface area contributed by atoms with Crippen LogP contribution in [0.15, 0.2) is 15.7 Å². The van der Waals surface area contributed by atoms with Crippen LogP contribution in [-0.4, -0.2) is 46.7 Å². The number of carbonyl (C=O) groups is 2. The summed E-state index contributed by atoms with van der Waals surface area (Å²) in [5, 5.41) is 11.3. The Bertz CT molecular complexity index is 577. The Morgan fingerprint density at radius 2 is 2.10 bits per heavy atom. The van der Waals surface area contributed by atoms with E-state index in [-0.39, 0.29) is 18.5 Å². The number of hydrogen-bond donors (Lipinski definition) is 4. The summed E-state index contributed by atoms with van der Waals surface area (Å²) in [5.74, 6) is -1.75. The van der Waals surface area contributed by atoms with Crippen LogP contribution in [0.2, 0.25) is 0 Å². The van der Waals surface area contributed by atoms with Crippen molar-refractivity contribution >= 4 is 11.9 Å². The number of hydrogen-bond acceptors (Lipinski definition) is 5. The Kier molecular flexibility index (Phi) is 6.34. The number of aromatic amines is 2. The van der Waals surface area contributed by atoms with Crippen LogP contribution in [0.25, 0.3) is 0 Å². The average Bonchev–Trinajstić information content (AvgIpc) is 2.36. The highest BCUT2D eigenvalue weighted by Crippen LogP contribution is 1.99. The zero-order valence-corrected chi connectivity index (χ0v) is 11.5. The summed E-state index contributed by atoms with van der Waals surface area (Å²) in [6.07, 6.45) is 0.420. The Hall–Kier alpha value is -2.42. The molecular formula is C12H17N3O6. The van der Waals surface area contributed by atoms with Crippen molar-refractivity contribution in [3.8, 4) is 0 Å². The molecule has 1 aromatic rings. The second-order valence-corrected chi connectivity index (χ2v) is 4.38. The van der Waals surface area contributed by atoms with Crippen LogP contribution >= 0.6 is 0 Å². The summed E-state index contributed by atoms with van der Waals surface area (Å²) in [7, 11) is 1.50. The molecule has 1 unspecified atom stereocenters. The highest BCUT2D eigenvalue weighted by atomic mass is 16.5. The van der Waals surface area contributed by atoms with E-state index in [9.17, 15) is 19.2 Å². The van der Waals surface area contributed by atoms with Crippen LogP contribution in [-0.2, 0) is 20.7 Å². The number of aromatic nitrogens is 2. The fraction of sp³-hybridized carbons (Fsp3) is 0.500. The molecule has 0 saturated heterocycles. The summed E-state index contributed by atoms with van der Waals surface area (Å²) in [6, 6.07) is 0.0307. The molecule has 0 aliphatic heterocycles. The van der Waals surface area contributed by atoms with E-state index in [0.29, 0.717) is 13.0 Å². The van der Waals surface area contributed by atoms with Crippen molar-refractivity contribution < 1.29 is 19.4 Å². The molecule has 0 aliphatic rings. The predicted molar refractivity (Wildman–Crippen MR) is 72.1 cm³/mol. The van der Waals surface area contributed by atoms with Gasteiger partial charge in [-0.15, -0.1) is 0 Å². The third-order valence-corrected chi connectivity index (χ3v) is 2.64.